The fraction of sp³-hybridized carbons (Fsp3) is 0.348. The van der Waals surface area contributed by atoms with Crippen LogP contribution in [0.15, 0.2) is 41.3 Å². The number of sulfone groups is 1. The minimum Gasteiger partial charge on any atom is -0.406 e. The van der Waals surface area contributed by atoms with Gasteiger partial charge in [0.2, 0.25) is 5.91 Å². The third kappa shape index (κ3) is 5.71. The summed E-state index contributed by atoms with van der Waals surface area (Å²) in [5.41, 5.74) is 5.22. The standard InChI is InChI=1S/C23H19F7N6O4S/c24-14-8-17-16(7-13(14)19-33-20-18(22(25,26)27)32-5-6-36(20)34-19)35(21(37)15(31)10-41(17,38)39)9-11-1-3-12(4-2-11)40-23(28,29)30/h1-4,7-8,15,18,32H,5-6,9-10,31H2/t15-,18?/m0/s1. The zero-order valence-corrected chi connectivity index (χ0v) is 21.3. The summed E-state index contributed by atoms with van der Waals surface area (Å²) < 4.78 is 124. The smallest absolute Gasteiger partial charge is 0.406 e. The van der Waals surface area contributed by atoms with Crippen molar-refractivity contribution in [3.05, 3.63) is 53.6 Å². The molecule has 0 fully saturated rings. The summed E-state index contributed by atoms with van der Waals surface area (Å²) in [6, 6.07) is 2.12. The Morgan fingerprint density at radius 3 is 2.41 bits per heavy atom. The molecule has 2 aliphatic rings. The van der Waals surface area contributed by atoms with Crippen LogP contribution < -0.4 is 20.7 Å². The average Bonchev–Trinajstić information content (AvgIpc) is 3.27. The van der Waals surface area contributed by atoms with Gasteiger partial charge in [-0.25, -0.2) is 22.5 Å². The molecule has 1 unspecified atom stereocenters. The number of aromatic nitrogens is 3. The number of alkyl halides is 6. The molecule has 0 radical (unpaired) electrons. The molecule has 2 aromatic carbocycles. The number of nitrogens with two attached hydrogens (primary N) is 1. The first-order valence-corrected chi connectivity index (χ1v) is 13.4. The zero-order valence-electron chi connectivity index (χ0n) is 20.5. The summed E-state index contributed by atoms with van der Waals surface area (Å²) in [6.45, 7) is -0.513. The van der Waals surface area contributed by atoms with Gasteiger partial charge in [0.05, 0.1) is 41.0 Å². The number of carbonyl (C=O) groups is 1. The molecule has 2 aliphatic heterocycles. The summed E-state index contributed by atoms with van der Waals surface area (Å²) in [7, 11) is -4.34. The third-order valence-electron chi connectivity index (χ3n) is 6.35. The second kappa shape index (κ2) is 9.95. The Balaban J connectivity index is 1.59. The van der Waals surface area contributed by atoms with Crippen LogP contribution >= 0.6 is 0 Å². The number of amides is 1. The fourth-order valence-electron chi connectivity index (χ4n) is 4.55. The summed E-state index contributed by atoms with van der Waals surface area (Å²) in [5, 5.41) is 6.24. The SMILES string of the molecule is N[C@H]1CS(=O)(=O)c2cc(F)c(-c3nc4n(n3)CCNC4C(F)(F)F)cc2N(Cc2ccc(OC(F)(F)F)cc2)C1=O. The van der Waals surface area contributed by atoms with Crippen LogP contribution in [0.25, 0.3) is 11.4 Å². The Morgan fingerprint density at radius 2 is 1.78 bits per heavy atom. The second-order valence-corrected chi connectivity index (χ2v) is 11.3. The second-order valence-electron chi connectivity index (χ2n) is 9.25. The molecule has 0 aliphatic carbocycles. The maximum Gasteiger partial charge on any atom is 0.573 e. The molecule has 2 atom stereocenters. The number of nitrogens with one attached hydrogen (secondary N) is 1. The van der Waals surface area contributed by atoms with Crippen LogP contribution in [0, 0.1) is 5.82 Å². The van der Waals surface area contributed by atoms with Crippen LogP contribution in [0.1, 0.15) is 17.4 Å². The van der Waals surface area contributed by atoms with E-state index in [1.165, 1.54) is 12.1 Å². The van der Waals surface area contributed by atoms with Crippen molar-refractivity contribution in [2.24, 2.45) is 5.73 Å². The maximum absolute atomic E-state index is 15.3. The van der Waals surface area contributed by atoms with Crippen LogP contribution in [0.4, 0.5) is 36.4 Å². The number of halogens is 7. The lowest BCUT2D eigenvalue weighted by atomic mass is 10.1. The molecule has 0 saturated heterocycles. The lowest BCUT2D eigenvalue weighted by molar-refractivity contribution is -0.274. The van der Waals surface area contributed by atoms with Crippen molar-refractivity contribution in [3.8, 4) is 17.1 Å². The molecule has 3 heterocycles. The monoisotopic (exact) mass is 608 g/mol. The molecule has 10 nitrogen and oxygen atoms in total. The van der Waals surface area contributed by atoms with Gasteiger partial charge in [0.1, 0.15) is 11.6 Å². The Labute approximate surface area is 226 Å². The highest BCUT2D eigenvalue weighted by atomic mass is 32.2. The summed E-state index contributed by atoms with van der Waals surface area (Å²) in [4.78, 5) is 17.4. The molecule has 0 bridgehead atoms. The number of fused-ring (bicyclic) bond motifs is 2. The van der Waals surface area contributed by atoms with Crippen LogP contribution in [0.2, 0.25) is 0 Å². The third-order valence-corrected chi connectivity index (χ3v) is 8.15. The first-order valence-electron chi connectivity index (χ1n) is 11.8. The van der Waals surface area contributed by atoms with Crippen molar-refractivity contribution in [3.63, 3.8) is 0 Å². The predicted octanol–water partition coefficient (Wildman–Crippen LogP) is 2.84. The van der Waals surface area contributed by atoms with E-state index >= 15 is 4.39 Å². The predicted molar refractivity (Wildman–Crippen MR) is 127 cm³/mol. The van der Waals surface area contributed by atoms with Gasteiger partial charge in [-0.15, -0.1) is 13.2 Å². The largest absolute Gasteiger partial charge is 0.573 e. The van der Waals surface area contributed by atoms with E-state index in [4.69, 9.17) is 5.73 Å². The highest BCUT2D eigenvalue weighted by Crippen LogP contribution is 2.38. The molecule has 5 rings (SSSR count). The van der Waals surface area contributed by atoms with Gasteiger partial charge in [-0.2, -0.15) is 18.3 Å². The zero-order chi connectivity index (χ0) is 29.9. The van der Waals surface area contributed by atoms with Gasteiger partial charge in [0.15, 0.2) is 27.5 Å². The van der Waals surface area contributed by atoms with Gasteiger partial charge in [-0.1, -0.05) is 12.1 Å². The fourth-order valence-corrected chi connectivity index (χ4v) is 6.11. The number of anilines is 1. The minimum absolute atomic E-state index is 0.0106. The average molecular weight is 608 g/mol. The highest BCUT2D eigenvalue weighted by molar-refractivity contribution is 7.91. The highest BCUT2D eigenvalue weighted by Gasteiger charge is 2.46. The number of ether oxygens (including phenoxy) is 1. The van der Waals surface area contributed by atoms with Gasteiger partial charge >= 0.3 is 12.5 Å². The molecular formula is C23H19F7N6O4S. The van der Waals surface area contributed by atoms with Crippen molar-refractivity contribution < 1.29 is 48.7 Å². The van der Waals surface area contributed by atoms with E-state index in [1.54, 1.807) is 0 Å². The van der Waals surface area contributed by atoms with Gasteiger partial charge in [0.25, 0.3) is 0 Å². The molecule has 0 spiro atoms. The molecule has 1 aromatic heterocycles. The summed E-state index contributed by atoms with van der Waals surface area (Å²) in [6.07, 6.45) is -9.68. The van der Waals surface area contributed by atoms with Gasteiger partial charge < -0.3 is 15.4 Å². The number of hydrogen-bond donors (Lipinski definition) is 2. The Morgan fingerprint density at radius 1 is 1.10 bits per heavy atom. The Hall–Kier alpha value is -3.77. The van der Waals surface area contributed by atoms with Crippen molar-refractivity contribution in [2.75, 3.05) is 17.2 Å². The van der Waals surface area contributed by atoms with Crippen LogP contribution in [-0.2, 0) is 27.7 Å². The summed E-state index contributed by atoms with van der Waals surface area (Å²) >= 11 is 0. The van der Waals surface area contributed by atoms with E-state index in [0.29, 0.717) is 6.07 Å². The van der Waals surface area contributed by atoms with E-state index in [0.717, 1.165) is 27.8 Å². The first kappa shape index (κ1) is 28.7. The minimum atomic E-state index is -4.95. The molecule has 1 amide bonds. The van der Waals surface area contributed by atoms with Crippen molar-refractivity contribution in [1.82, 2.24) is 20.1 Å². The number of carbonyl (C=O) groups excluding carboxylic acids is 1. The van der Waals surface area contributed by atoms with Crippen molar-refractivity contribution >= 4 is 21.4 Å². The molecule has 3 aromatic rings. The molecular weight excluding hydrogens is 589 g/mol. The van der Waals surface area contributed by atoms with E-state index in [-0.39, 0.29) is 24.3 Å². The lowest BCUT2D eigenvalue weighted by Gasteiger charge is -2.25. The molecule has 0 saturated carbocycles. The maximum atomic E-state index is 15.3. The topological polar surface area (TPSA) is 132 Å². The van der Waals surface area contributed by atoms with Gasteiger partial charge in [-0.3, -0.25) is 10.1 Å². The van der Waals surface area contributed by atoms with Crippen LogP contribution in [-0.4, -0.2) is 60.0 Å². The van der Waals surface area contributed by atoms with Crippen molar-refractivity contribution in [1.29, 1.82) is 0 Å². The normalized spacial score (nSPS) is 20.8. The molecule has 18 heteroatoms. The Bertz CT molecular complexity index is 1610. The van der Waals surface area contributed by atoms with Crippen molar-refractivity contribution in [2.45, 2.75) is 42.6 Å². The van der Waals surface area contributed by atoms with Crippen LogP contribution in [0.5, 0.6) is 5.75 Å². The van der Waals surface area contributed by atoms with E-state index in [1.807, 2.05) is 0 Å². The lowest BCUT2D eigenvalue weighted by Crippen LogP contribution is -2.45. The van der Waals surface area contributed by atoms with E-state index < -0.39 is 86.3 Å². The van der Waals surface area contributed by atoms with Gasteiger partial charge in [0, 0.05) is 6.54 Å². The van der Waals surface area contributed by atoms with Gasteiger partial charge in [-0.05, 0) is 29.8 Å². The Kier molecular flexibility index (Phi) is 6.98. The number of hydrogen-bond acceptors (Lipinski definition) is 8. The number of benzene rings is 2. The number of rotatable bonds is 4. The van der Waals surface area contributed by atoms with Crippen LogP contribution in [0.3, 0.4) is 0 Å². The first-order chi connectivity index (χ1) is 19.0. The quantitative estimate of drug-likeness (QED) is 0.433. The number of nitrogens with zero attached hydrogens (tertiary/aromatic N) is 4. The molecule has 41 heavy (non-hydrogen) atoms. The molecule has 3 N–H and O–H groups in total. The van der Waals surface area contributed by atoms with E-state index in [9.17, 15) is 39.6 Å². The molecule has 220 valence electrons. The summed E-state index contributed by atoms with van der Waals surface area (Å²) in [5.74, 6) is -4.51. The van der Waals surface area contributed by atoms with E-state index in [2.05, 4.69) is 20.1 Å².